The van der Waals surface area contributed by atoms with E-state index in [1.165, 1.54) is 52.6 Å². The summed E-state index contributed by atoms with van der Waals surface area (Å²) in [6, 6.07) is 25.5. The highest BCUT2D eigenvalue weighted by molar-refractivity contribution is 5.90. The maximum atomic E-state index is 11.9. The first-order chi connectivity index (χ1) is 26.3. The number of carbonyl (C=O) groups excluding carboxylic acids is 2. The van der Waals surface area contributed by atoms with Crippen LogP contribution in [0.1, 0.15) is 132 Å². The summed E-state index contributed by atoms with van der Waals surface area (Å²) in [4.78, 5) is 23.7. The molecule has 4 aromatic rings. The van der Waals surface area contributed by atoms with Crippen molar-refractivity contribution in [3.8, 4) is 0 Å². The van der Waals surface area contributed by atoms with E-state index < -0.39 is 11.9 Å². The van der Waals surface area contributed by atoms with Crippen molar-refractivity contribution < 1.29 is 19.1 Å². The van der Waals surface area contributed by atoms with E-state index in [0.29, 0.717) is 11.1 Å². The first-order valence-electron chi connectivity index (χ1n) is 20.8. The van der Waals surface area contributed by atoms with Gasteiger partial charge in [-0.25, -0.2) is 9.59 Å². The van der Waals surface area contributed by atoms with Gasteiger partial charge in [0.15, 0.2) is 0 Å². The van der Waals surface area contributed by atoms with Crippen LogP contribution in [0.25, 0.3) is 0 Å². The van der Waals surface area contributed by atoms with E-state index in [1.54, 1.807) is 30.3 Å². The monoisotopic (exact) mass is 763 g/mol. The van der Waals surface area contributed by atoms with Crippen molar-refractivity contribution in [3.05, 3.63) is 140 Å². The summed E-state index contributed by atoms with van der Waals surface area (Å²) in [5.74, 6) is 5.16. The van der Waals surface area contributed by atoms with Gasteiger partial charge in [-0.1, -0.05) is 113 Å². The lowest BCUT2D eigenvalue weighted by Gasteiger charge is -2.38. The van der Waals surface area contributed by atoms with E-state index >= 15 is 0 Å². The number of aryl methyl sites for hydroxylation is 9. The predicted molar refractivity (Wildman–Crippen MR) is 238 cm³/mol. The minimum absolute atomic E-state index is 0.0311. The quantitative estimate of drug-likeness (QED) is 0.150. The van der Waals surface area contributed by atoms with Crippen LogP contribution in [0.3, 0.4) is 0 Å². The Morgan fingerprint density at radius 1 is 0.446 bits per heavy atom. The predicted octanol–water partition coefficient (Wildman–Crippen LogP) is 13.8. The fourth-order valence-corrected chi connectivity index (χ4v) is 7.07. The molecular formula is C52H74O4. The van der Waals surface area contributed by atoms with Crippen molar-refractivity contribution in [3.63, 3.8) is 0 Å². The molecule has 2 fully saturated rings. The zero-order valence-corrected chi connectivity index (χ0v) is 37.6. The second-order valence-electron chi connectivity index (χ2n) is 17.2. The van der Waals surface area contributed by atoms with Gasteiger partial charge in [-0.15, -0.1) is 0 Å². The minimum Gasteiger partial charge on any atom is -0.458 e. The normalized spacial score (nSPS) is 20.5. The lowest BCUT2D eigenvalue weighted by atomic mass is 9.68. The molecule has 4 heteroatoms. The van der Waals surface area contributed by atoms with Gasteiger partial charge in [-0.05, 0) is 175 Å². The summed E-state index contributed by atoms with van der Waals surface area (Å²) >= 11 is 0. The van der Waals surface area contributed by atoms with Crippen molar-refractivity contribution in [1.82, 2.24) is 0 Å². The van der Waals surface area contributed by atoms with Gasteiger partial charge >= 0.3 is 11.9 Å². The molecule has 4 atom stereocenters. The van der Waals surface area contributed by atoms with E-state index in [4.69, 9.17) is 9.47 Å². The van der Waals surface area contributed by atoms with E-state index in [-0.39, 0.29) is 13.2 Å². The molecule has 4 aromatic carbocycles. The summed E-state index contributed by atoms with van der Waals surface area (Å²) in [6.07, 6.45) is 4.38. The van der Waals surface area contributed by atoms with Crippen LogP contribution in [0, 0.1) is 97.8 Å². The number of ether oxygens (including phenoxy) is 2. The van der Waals surface area contributed by atoms with Crippen LogP contribution in [-0.4, -0.2) is 25.2 Å². The molecule has 0 saturated heterocycles. The maximum Gasteiger partial charge on any atom is 0.338 e. The Labute approximate surface area is 341 Å². The maximum absolute atomic E-state index is 11.9. The van der Waals surface area contributed by atoms with Gasteiger partial charge in [0.25, 0.3) is 0 Å². The molecule has 4 unspecified atom stereocenters. The van der Waals surface area contributed by atoms with Gasteiger partial charge in [-0.2, -0.15) is 0 Å². The van der Waals surface area contributed by atoms with Crippen molar-refractivity contribution in [1.29, 1.82) is 0 Å². The largest absolute Gasteiger partial charge is 0.458 e. The summed E-state index contributed by atoms with van der Waals surface area (Å²) < 4.78 is 10.2. The molecule has 2 aliphatic rings. The molecule has 0 N–H and O–H groups in total. The summed E-state index contributed by atoms with van der Waals surface area (Å²) in [6.45, 7) is 32.8. The Kier molecular flexibility index (Phi) is 20.4. The van der Waals surface area contributed by atoms with Crippen LogP contribution in [-0.2, 0) is 9.47 Å². The summed E-state index contributed by atoms with van der Waals surface area (Å²) in [5.41, 5.74) is 12.3. The van der Waals surface area contributed by atoms with Crippen molar-refractivity contribution in [2.24, 2.45) is 35.5 Å². The molecule has 0 radical (unpaired) electrons. The van der Waals surface area contributed by atoms with Crippen LogP contribution >= 0.6 is 0 Å². The Bertz CT molecular complexity index is 1750. The fraction of sp³-hybridized carbons (Fsp3) is 0.500. The van der Waals surface area contributed by atoms with Gasteiger partial charge in [0.2, 0.25) is 0 Å². The van der Waals surface area contributed by atoms with Crippen molar-refractivity contribution >= 4 is 11.9 Å². The van der Waals surface area contributed by atoms with Crippen LogP contribution in [0.5, 0.6) is 0 Å². The van der Waals surface area contributed by atoms with Gasteiger partial charge < -0.3 is 9.47 Å². The lowest BCUT2D eigenvalue weighted by molar-refractivity contribution is 0.0265. The molecule has 0 amide bonds. The number of benzene rings is 4. The first kappa shape index (κ1) is 48.0. The fourth-order valence-electron chi connectivity index (χ4n) is 7.07. The zero-order chi connectivity index (χ0) is 42.1. The number of hydrogen-bond acceptors (Lipinski definition) is 4. The van der Waals surface area contributed by atoms with Crippen molar-refractivity contribution in [2.45, 2.75) is 123 Å². The average molecular weight is 763 g/mol. The van der Waals surface area contributed by atoms with E-state index in [0.717, 1.165) is 52.2 Å². The molecule has 56 heavy (non-hydrogen) atoms. The first-order valence-corrected chi connectivity index (χ1v) is 20.8. The summed E-state index contributed by atoms with van der Waals surface area (Å²) in [5, 5.41) is 0. The SMILES string of the molecule is CC1CC(C)C(C)C1.CC1CC(C)C1C.Cc1ccc(C)c(C)c1.Cc1ccc(C)c(C)c1.Cc1cccc(C(=O)OCCOC(=O)c2ccc(C)c(C)c2)c1. The molecule has 0 spiro atoms. The molecule has 2 saturated carbocycles. The second-order valence-corrected chi connectivity index (χ2v) is 17.2. The molecule has 4 nitrogen and oxygen atoms in total. The molecule has 306 valence electrons. The van der Waals surface area contributed by atoms with Crippen molar-refractivity contribution in [2.75, 3.05) is 13.2 Å². The standard InChI is InChI=1S/C19H20O4.2C9H12.C8H16.C7H14/c1-13-5-4-6-16(11-13)18(20)22-9-10-23-19(21)17-8-7-14(2)15(3)12-17;2*1-7-4-5-8(2)9(3)6-7;1-6-4-7(2)8(3)5-6;1-5-4-6(2)7(5)3/h4-8,11-12H,9-10H2,1-3H3;2*4-6H,1-3H3;6-8H,4-5H2,1-3H3;5-7H,4H2,1-3H3. The van der Waals surface area contributed by atoms with Gasteiger partial charge in [0.1, 0.15) is 13.2 Å². The van der Waals surface area contributed by atoms with Crippen LogP contribution in [0.2, 0.25) is 0 Å². The Morgan fingerprint density at radius 2 is 0.839 bits per heavy atom. The van der Waals surface area contributed by atoms with Gasteiger partial charge in [0.05, 0.1) is 11.1 Å². The van der Waals surface area contributed by atoms with E-state index in [9.17, 15) is 9.59 Å². The average Bonchev–Trinajstić information content (AvgIpc) is 3.45. The van der Waals surface area contributed by atoms with Crippen LogP contribution in [0.4, 0.5) is 0 Å². The number of rotatable bonds is 5. The second kappa shape index (κ2) is 23.8. The highest BCUT2D eigenvalue weighted by atomic mass is 16.6. The molecule has 0 aromatic heterocycles. The highest BCUT2D eigenvalue weighted by Crippen LogP contribution is 2.38. The lowest BCUT2D eigenvalue weighted by Crippen LogP contribution is -2.29. The van der Waals surface area contributed by atoms with E-state index in [2.05, 4.69) is 119 Å². The highest BCUT2D eigenvalue weighted by Gasteiger charge is 2.29. The van der Waals surface area contributed by atoms with Crippen LogP contribution in [0.15, 0.2) is 78.9 Å². The van der Waals surface area contributed by atoms with Gasteiger partial charge in [-0.3, -0.25) is 0 Å². The van der Waals surface area contributed by atoms with E-state index in [1.807, 2.05) is 32.9 Å². The molecule has 0 bridgehead atoms. The third kappa shape index (κ3) is 16.9. The number of carbonyl (C=O) groups is 2. The molecule has 6 rings (SSSR count). The number of hydrogen-bond donors (Lipinski definition) is 0. The Morgan fingerprint density at radius 3 is 1.14 bits per heavy atom. The Hall–Kier alpha value is -4.18. The third-order valence-corrected chi connectivity index (χ3v) is 11.9. The smallest absolute Gasteiger partial charge is 0.338 e. The molecule has 0 aliphatic heterocycles. The Balaban J connectivity index is 0.000000270. The minimum atomic E-state index is -0.420. The summed E-state index contributed by atoms with van der Waals surface area (Å²) in [7, 11) is 0. The number of esters is 2. The molecular weight excluding hydrogens is 689 g/mol. The van der Waals surface area contributed by atoms with Crippen LogP contribution < -0.4 is 0 Å². The van der Waals surface area contributed by atoms with Gasteiger partial charge in [0, 0.05) is 0 Å². The molecule has 0 heterocycles. The molecule has 2 aliphatic carbocycles. The third-order valence-electron chi connectivity index (χ3n) is 11.9. The zero-order valence-electron chi connectivity index (χ0n) is 37.6. The topological polar surface area (TPSA) is 52.6 Å².